The number of nitrogens with one attached hydrogen (secondary N) is 1. The molecule has 7 heteroatoms. The number of hydrogen-bond acceptors (Lipinski definition) is 4. The molecule has 1 fully saturated rings. The topological polar surface area (TPSA) is 76.9 Å². The molecule has 1 aliphatic rings. The van der Waals surface area contributed by atoms with E-state index in [4.69, 9.17) is 0 Å². The van der Waals surface area contributed by atoms with E-state index in [-0.39, 0.29) is 4.90 Å². The van der Waals surface area contributed by atoms with Crippen molar-refractivity contribution in [3.8, 4) is 0 Å². The third kappa shape index (κ3) is 3.19. The highest BCUT2D eigenvalue weighted by molar-refractivity contribution is 7.93. The fourth-order valence-corrected chi connectivity index (χ4v) is 4.93. The second-order valence-electron chi connectivity index (χ2n) is 6.85. The van der Waals surface area contributed by atoms with Crippen LogP contribution in [0.15, 0.2) is 47.5 Å². The molecule has 0 amide bonds. The molecule has 2 aromatic heterocycles. The Morgan fingerprint density at radius 3 is 2.69 bits per heavy atom. The fraction of sp³-hybridized carbons (Fsp3) is 0.368. The quantitative estimate of drug-likeness (QED) is 0.757. The van der Waals surface area contributed by atoms with Crippen molar-refractivity contribution < 1.29 is 8.42 Å². The van der Waals surface area contributed by atoms with Gasteiger partial charge in [0.1, 0.15) is 10.7 Å². The molecule has 0 bridgehead atoms. The van der Waals surface area contributed by atoms with Crippen LogP contribution in [0.5, 0.6) is 0 Å². The van der Waals surface area contributed by atoms with Crippen LogP contribution in [0.4, 0.5) is 5.82 Å². The van der Waals surface area contributed by atoms with Crippen molar-refractivity contribution in [2.75, 3.05) is 4.72 Å². The molecule has 1 N–H and O–H groups in total. The van der Waals surface area contributed by atoms with E-state index in [1.54, 1.807) is 36.1 Å². The first-order chi connectivity index (χ1) is 12.5. The lowest BCUT2D eigenvalue weighted by molar-refractivity contribution is 0.433. The van der Waals surface area contributed by atoms with Gasteiger partial charge in [-0.1, -0.05) is 37.5 Å². The fourth-order valence-electron chi connectivity index (χ4n) is 3.67. The van der Waals surface area contributed by atoms with Gasteiger partial charge in [-0.2, -0.15) is 5.10 Å². The zero-order valence-corrected chi connectivity index (χ0v) is 15.5. The zero-order valence-electron chi connectivity index (χ0n) is 14.7. The Labute approximate surface area is 153 Å². The monoisotopic (exact) mass is 370 g/mol. The first-order valence-corrected chi connectivity index (χ1v) is 10.4. The highest BCUT2D eigenvalue weighted by Gasteiger charge is 2.23. The summed E-state index contributed by atoms with van der Waals surface area (Å²) < 4.78 is 30.2. The van der Waals surface area contributed by atoms with Gasteiger partial charge in [-0.25, -0.2) is 8.42 Å². The molecule has 136 valence electrons. The molecule has 26 heavy (non-hydrogen) atoms. The summed E-state index contributed by atoms with van der Waals surface area (Å²) in [6.07, 6.45) is 7.55. The van der Waals surface area contributed by atoms with E-state index in [2.05, 4.69) is 14.8 Å². The lowest BCUT2D eigenvalue weighted by atomic mass is 9.87. The maximum atomic E-state index is 13.0. The van der Waals surface area contributed by atoms with Crippen molar-refractivity contribution >= 4 is 26.7 Å². The molecule has 1 aliphatic carbocycles. The van der Waals surface area contributed by atoms with Gasteiger partial charge in [0, 0.05) is 30.6 Å². The number of fused-ring (bicyclic) bond motifs is 1. The minimum Gasteiger partial charge on any atom is -0.263 e. The SMILES string of the molecule is Cn1nc(C2CCCCC2)cc1NS(=O)(=O)c1cccc2cccnc12. The van der Waals surface area contributed by atoms with Crippen LogP contribution in [-0.4, -0.2) is 23.2 Å². The first-order valence-electron chi connectivity index (χ1n) is 8.95. The van der Waals surface area contributed by atoms with Crippen LogP contribution in [0.1, 0.15) is 43.7 Å². The van der Waals surface area contributed by atoms with Crippen LogP contribution >= 0.6 is 0 Å². The van der Waals surface area contributed by atoms with E-state index in [0.717, 1.165) is 23.9 Å². The van der Waals surface area contributed by atoms with Gasteiger partial charge in [0.2, 0.25) is 0 Å². The van der Waals surface area contributed by atoms with Crippen LogP contribution < -0.4 is 4.72 Å². The lowest BCUT2D eigenvalue weighted by Gasteiger charge is -2.19. The van der Waals surface area contributed by atoms with Crippen molar-refractivity contribution in [3.05, 3.63) is 48.3 Å². The van der Waals surface area contributed by atoms with Crippen LogP contribution in [0.25, 0.3) is 10.9 Å². The van der Waals surface area contributed by atoms with E-state index < -0.39 is 10.0 Å². The second-order valence-corrected chi connectivity index (χ2v) is 8.50. The Kier molecular flexibility index (Phi) is 4.40. The Bertz CT molecular complexity index is 1030. The molecule has 1 saturated carbocycles. The number of benzene rings is 1. The van der Waals surface area contributed by atoms with Gasteiger partial charge in [-0.15, -0.1) is 0 Å². The number of para-hydroxylation sites is 1. The highest BCUT2D eigenvalue weighted by Crippen LogP contribution is 2.33. The molecule has 0 unspecified atom stereocenters. The van der Waals surface area contributed by atoms with Gasteiger partial charge >= 0.3 is 0 Å². The summed E-state index contributed by atoms with van der Waals surface area (Å²) in [5.74, 6) is 0.908. The van der Waals surface area contributed by atoms with Gasteiger partial charge in [-0.3, -0.25) is 14.4 Å². The van der Waals surface area contributed by atoms with E-state index in [0.29, 0.717) is 17.3 Å². The van der Waals surface area contributed by atoms with Crippen LogP contribution in [0.2, 0.25) is 0 Å². The Hall–Kier alpha value is -2.41. The number of aryl methyl sites for hydroxylation is 1. The molecule has 3 aromatic rings. The molecule has 0 saturated heterocycles. The summed E-state index contributed by atoms with van der Waals surface area (Å²) in [6.45, 7) is 0. The maximum absolute atomic E-state index is 13.0. The van der Waals surface area contributed by atoms with Gasteiger partial charge < -0.3 is 0 Å². The summed E-state index contributed by atoms with van der Waals surface area (Å²) in [7, 11) is -1.98. The van der Waals surface area contributed by atoms with Gasteiger partial charge in [0.25, 0.3) is 10.0 Å². The van der Waals surface area contributed by atoms with Crippen LogP contribution in [0, 0.1) is 0 Å². The van der Waals surface area contributed by atoms with Crippen molar-refractivity contribution in [1.82, 2.24) is 14.8 Å². The summed E-state index contributed by atoms with van der Waals surface area (Å²) in [6, 6.07) is 10.7. The average molecular weight is 370 g/mol. The number of anilines is 1. The van der Waals surface area contributed by atoms with Gasteiger partial charge in [0.05, 0.1) is 11.2 Å². The standard InChI is InChI=1S/C19H22N4O2S/c1-23-18(13-16(21-23)14-7-3-2-4-8-14)22-26(24,25)17-11-5-9-15-10-6-12-20-19(15)17/h5-6,9-14,22H,2-4,7-8H2,1H3. The van der Waals surface area contributed by atoms with E-state index in [1.807, 2.05) is 18.2 Å². The molecular weight excluding hydrogens is 348 g/mol. The number of pyridine rings is 1. The number of hydrogen-bond donors (Lipinski definition) is 1. The third-order valence-corrected chi connectivity index (χ3v) is 6.43. The number of nitrogens with zero attached hydrogens (tertiary/aromatic N) is 3. The summed E-state index contributed by atoms with van der Waals surface area (Å²) >= 11 is 0. The van der Waals surface area contributed by atoms with Gasteiger partial charge in [0.15, 0.2) is 0 Å². The maximum Gasteiger partial charge on any atom is 0.265 e. The lowest BCUT2D eigenvalue weighted by Crippen LogP contribution is -2.16. The average Bonchev–Trinajstić information content (AvgIpc) is 3.02. The predicted octanol–water partition coefficient (Wildman–Crippen LogP) is 3.82. The number of sulfonamides is 1. The van der Waals surface area contributed by atoms with E-state index in [9.17, 15) is 8.42 Å². The summed E-state index contributed by atoms with van der Waals surface area (Å²) in [4.78, 5) is 4.43. The highest BCUT2D eigenvalue weighted by atomic mass is 32.2. The molecule has 2 heterocycles. The van der Waals surface area contributed by atoms with E-state index in [1.165, 1.54) is 19.3 Å². The molecule has 1 aromatic carbocycles. The van der Waals surface area contributed by atoms with Crippen molar-refractivity contribution in [3.63, 3.8) is 0 Å². The Balaban J connectivity index is 1.66. The van der Waals surface area contributed by atoms with Gasteiger partial charge in [-0.05, 0) is 25.0 Å². The van der Waals surface area contributed by atoms with Crippen molar-refractivity contribution in [1.29, 1.82) is 0 Å². The summed E-state index contributed by atoms with van der Waals surface area (Å²) in [5, 5.41) is 5.34. The molecule has 0 spiro atoms. The third-order valence-electron chi connectivity index (χ3n) is 5.05. The molecule has 0 radical (unpaired) electrons. The van der Waals surface area contributed by atoms with Crippen LogP contribution in [-0.2, 0) is 17.1 Å². The number of rotatable bonds is 4. The zero-order chi connectivity index (χ0) is 18.1. The van der Waals surface area contributed by atoms with Crippen LogP contribution in [0.3, 0.4) is 0 Å². The smallest absolute Gasteiger partial charge is 0.263 e. The van der Waals surface area contributed by atoms with Crippen molar-refractivity contribution in [2.24, 2.45) is 7.05 Å². The molecule has 4 rings (SSSR count). The van der Waals surface area contributed by atoms with Crippen molar-refractivity contribution in [2.45, 2.75) is 42.9 Å². The minimum atomic E-state index is -3.75. The Morgan fingerprint density at radius 1 is 1.12 bits per heavy atom. The molecule has 0 aliphatic heterocycles. The second kappa shape index (κ2) is 6.72. The largest absolute Gasteiger partial charge is 0.265 e. The summed E-state index contributed by atoms with van der Waals surface area (Å²) in [5.41, 5.74) is 1.44. The first kappa shape index (κ1) is 17.0. The predicted molar refractivity (Wildman–Crippen MR) is 102 cm³/mol. The molecular formula is C19H22N4O2S. The minimum absolute atomic E-state index is 0.177. The normalized spacial score (nSPS) is 16.0. The molecule has 0 atom stereocenters. The number of aromatic nitrogens is 3. The van der Waals surface area contributed by atoms with E-state index >= 15 is 0 Å². The Morgan fingerprint density at radius 2 is 1.88 bits per heavy atom. The molecule has 6 nitrogen and oxygen atoms in total.